The van der Waals surface area contributed by atoms with Gasteiger partial charge in [-0.25, -0.2) is 4.79 Å². The Labute approximate surface area is 75.0 Å². The van der Waals surface area contributed by atoms with Crippen LogP contribution < -0.4 is 11.4 Å². The van der Waals surface area contributed by atoms with Crippen LogP contribution in [0.25, 0.3) is 0 Å². The minimum absolute atomic E-state index is 0.224. The summed E-state index contributed by atoms with van der Waals surface area (Å²) in [6, 6.07) is 1.65. The Morgan fingerprint density at radius 1 is 1.75 bits per heavy atom. The van der Waals surface area contributed by atoms with Gasteiger partial charge in [0.15, 0.2) is 0 Å². The van der Waals surface area contributed by atoms with Crippen molar-refractivity contribution in [3.8, 4) is 0 Å². The number of nitrogens with zero attached hydrogens (tertiary/aromatic N) is 2. The molecule has 0 saturated carbocycles. The van der Waals surface area contributed by atoms with E-state index >= 15 is 0 Å². The van der Waals surface area contributed by atoms with Gasteiger partial charge in [-0.15, -0.1) is 0 Å². The van der Waals surface area contributed by atoms with Gasteiger partial charge in [0.25, 0.3) is 0 Å². The van der Waals surface area contributed by atoms with Gasteiger partial charge >= 0.3 is 5.69 Å². The zero-order valence-corrected chi connectivity index (χ0v) is 7.51. The average molecular weight is 188 g/mol. The molecule has 0 aliphatic rings. The highest BCUT2D eigenvalue weighted by molar-refractivity contribution is 6.29. The van der Waals surface area contributed by atoms with Crippen molar-refractivity contribution in [3.05, 3.63) is 27.4 Å². The summed E-state index contributed by atoms with van der Waals surface area (Å²) < 4.78 is 1.44. The summed E-state index contributed by atoms with van der Waals surface area (Å²) in [6.07, 6.45) is 0.633. The minimum atomic E-state index is -0.342. The maximum Gasteiger partial charge on any atom is 0.348 e. The van der Waals surface area contributed by atoms with Crippen LogP contribution in [0.15, 0.2) is 10.9 Å². The Balaban J connectivity index is 3.18. The third kappa shape index (κ3) is 1.84. The van der Waals surface area contributed by atoms with Crippen LogP contribution in [-0.2, 0) is 13.5 Å². The van der Waals surface area contributed by atoms with Gasteiger partial charge in [-0.1, -0.05) is 11.6 Å². The molecule has 0 fully saturated rings. The van der Waals surface area contributed by atoms with Crippen LogP contribution in [-0.4, -0.2) is 16.1 Å². The molecule has 0 radical (unpaired) electrons. The first-order valence-electron chi connectivity index (χ1n) is 3.57. The van der Waals surface area contributed by atoms with E-state index in [0.29, 0.717) is 13.0 Å². The molecule has 1 heterocycles. The maximum atomic E-state index is 11.1. The van der Waals surface area contributed by atoms with Gasteiger partial charge in [0.2, 0.25) is 0 Å². The van der Waals surface area contributed by atoms with E-state index in [4.69, 9.17) is 17.3 Å². The fourth-order valence-corrected chi connectivity index (χ4v) is 1.14. The molecule has 0 unspecified atom stereocenters. The zero-order chi connectivity index (χ0) is 9.14. The molecule has 1 aromatic rings. The Kier molecular flexibility index (Phi) is 2.83. The fraction of sp³-hybridized carbons (Fsp3) is 0.429. The van der Waals surface area contributed by atoms with Gasteiger partial charge in [-0.3, -0.25) is 4.57 Å². The van der Waals surface area contributed by atoms with Crippen LogP contribution in [0.3, 0.4) is 0 Å². The number of hydrogen-bond donors (Lipinski definition) is 1. The van der Waals surface area contributed by atoms with Gasteiger partial charge in [0.1, 0.15) is 5.15 Å². The number of halogens is 1. The summed E-state index contributed by atoms with van der Waals surface area (Å²) in [7, 11) is 1.65. The molecule has 12 heavy (non-hydrogen) atoms. The monoisotopic (exact) mass is 187 g/mol. The van der Waals surface area contributed by atoms with Crippen molar-refractivity contribution in [2.24, 2.45) is 12.8 Å². The van der Waals surface area contributed by atoms with Crippen LogP contribution in [0, 0.1) is 0 Å². The van der Waals surface area contributed by atoms with Crippen LogP contribution in [0.2, 0.25) is 5.15 Å². The lowest BCUT2D eigenvalue weighted by molar-refractivity contribution is 0.730. The molecule has 0 atom stereocenters. The highest BCUT2D eigenvalue weighted by atomic mass is 35.5. The Morgan fingerprint density at radius 3 is 3.00 bits per heavy atom. The Morgan fingerprint density at radius 2 is 2.42 bits per heavy atom. The quantitative estimate of drug-likeness (QED) is 0.660. The van der Waals surface area contributed by atoms with Gasteiger partial charge in [-0.05, 0) is 12.6 Å². The van der Waals surface area contributed by atoms with Crippen LogP contribution in [0.5, 0.6) is 0 Å². The topological polar surface area (TPSA) is 60.9 Å². The second kappa shape index (κ2) is 3.69. The van der Waals surface area contributed by atoms with Crippen molar-refractivity contribution in [2.75, 3.05) is 6.54 Å². The first-order valence-corrected chi connectivity index (χ1v) is 3.95. The molecule has 0 amide bonds. The number of rotatable bonds is 2. The van der Waals surface area contributed by atoms with E-state index in [1.54, 1.807) is 13.1 Å². The second-order valence-electron chi connectivity index (χ2n) is 2.45. The molecule has 66 valence electrons. The summed E-state index contributed by atoms with van der Waals surface area (Å²) in [5.74, 6) is 0. The second-order valence-corrected chi connectivity index (χ2v) is 2.84. The van der Waals surface area contributed by atoms with Crippen molar-refractivity contribution < 1.29 is 0 Å². The highest BCUT2D eigenvalue weighted by Gasteiger charge is 2.01. The summed E-state index contributed by atoms with van der Waals surface area (Å²) >= 11 is 5.59. The van der Waals surface area contributed by atoms with Gasteiger partial charge in [0.05, 0.1) is 0 Å². The van der Waals surface area contributed by atoms with E-state index in [9.17, 15) is 4.79 Å². The van der Waals surface area contributed by atoms with Crippen molar-refractivity contribution in [2.45, 2.75) is 6.42 Å². The van der Waals surface area contributed by atoms with E-state index in [-0.39, 0.29) is 10.8 Å². The molecule has 4 nitrogen and oxygen atoms in total. The van der Waals surface area contributed by atoms with Gasteiger partial charge in [0, 0.05) is 19.2 Å². The highest BCUT2D eigenvalue weighted by Crippen LogP contribution is 2.03. The van der Waals surface area contributed by atoms with Gasteiger partial charge in [-0.2, -0.15) is 4.98 Å². The smallest absolute Gasteiger partial charge is 0.330 e. The lowest BCUT2D eigenvalue weighted by Crippen LogP contribution is -2.24. The molecule has 1 rings (SSSR count). The van der Waals surface area contributed by atoms with E-state index in [1.807, 2.05) is 0 Å². The standard InChI is InChI=1S/C7H10ClN3O/c1-11-5(2-3-9)4-6(8)10-7(11)12/h4H,2-3,9H2,1H3. The third-order valence-corrected chi connectivity index (χ3v) is 1.80. The molecule has 0 bridgehead atoms. The molecule has 0 aliphatic heterocycles. The molecular formula is C7H10ClN3O. The molecule has 0 saturated heterocycles. The largest absolute Gasteiger partial charge is 0.348 e. The summed E-state index contributed by atoms with van der Waals surface area (Å²) in [4.78, 5) is 14.6. The SMILES string of the molecule is Cn1c(CCN)cc(Cl)nc1=O. The summed E-state index contributed by atoms with van der Waals surface area (Å²) in [5, 5.41) is 0.224. The van der Waals surface area contributed by atoms with Crippen molar-refractivity contribution in [1.82, 2.24) is 9.55 Å². The summed E-state index contributed by atoms with van der Waals surface area (Å²) in [6.45, 7) is 0.494. The number of hydrogen-bond acceptors (Lipinski definition) is 3. The molecule has 0 aromatic carbocycles. The minimum Gasteiger partial charge on any atom is -0.330 e. The molecule has 1 aromatic heterocycles. The van der Waals surface area contributed by atoms with Gasteiger partial charge < -0.3 is 5.73 Å². The molecule has 0 aliphatic carbocycles. The van der Waals surface area contributed by atoms with E-state index in [0.717, 1.165) is 5.69 Å². The van der Waals surface area contributed by atoms with Crippen molar-refractivity contribution in [1.29, 1.82) is 0 Å². The summed E-state index contributed by atoms with van der Waals surface area (Å²) in [5.41, 5.74) is 5.82. The molecule has 2 N–H and O–H groups in total. The normalized spacial score (nSPS) is 10.2. The third-order valence-electron chi connectivity index (χ3n) is 1.61. The molecule has 5 heteroatoms. The Hall–Kier alpha value is -0.870. The van der Waals surface area contributed by atoms with Crippen LogP contribution in [0.1, 0.15) is 5.69 Å². The van der Waals surface area contributed by atoms with E-state index in [2.05, 4.69) is 4.98 Å². The predicted molar refractivity (Wildman–Crippen MR) is 47.2 cm³/mol. The van der Waals surface area contributed by atoms with Crippen molar-refractivity contribution >= 4 is 11.6 Å². The number of nitrogens with two attached hydrogens (primary N) is 1. The van der Waals surface area contributed by atoms with Crippen LogP contribution >= 0.6 is 11.6 Å². The maximum absolute atomic E-state index is 11.1. The predicted octanol–water partition coefficient (Wildman–Crippen LogP) is -0.0651. The van der Waals surface area contributed by atoms with E-state index in [1.165, 1.54) is 4.57 Å². The lowest BCUT2D eigenvalue weighted by atomic mass is 10.3. The molecule has 0 spiro atoms. The van der Waals surface area contributed by atoms with E-state index < -0.39 is 0 Å². The van der Waals surface area contributed by atoms with Crippen molar-refractivity contribution in [3.63, 3.8) is 0 Å². The zero-order valence-electron chi connectivity index (χ0n) is 6.75. The Bertz CT molecular complexity index is 334. The fourth-order valence-electron chi connectivity index (χ4n) is 0.944. The lowest BCUT2D eigenvalue weighted by Gasteiger charge is -2.05. The average Bonchev–Trinajstić information content (AvgIpc) is 2.00. The molecular weight excluding hydrogens is 178 g/mol. The van der Waals surface area contributed by atoms with Crippen LogP contribution in [0.4, 0.5) is 0 Å². The first-order chi connectivity index (χ1) is 5.65. The number of aromatic nitrogens is 2. The first kappa shape index (κ1) is 9.22.